The van der Waals surface area contributed by atoms with Gasteiger partial charge in [-0.3, -0.25) is 0 Å². The van der Waals surface area contributed by atoms with Crippen molar-refractivity contribution in [3.8, 4) is 0 Å². The maximum absolute atomic E-state index is 6.41. The fourth-order valence-corrected chi connectivity index (χ4v) is 2.45. The molecule has 1 aliphatic rings. The van der Waals surface area contributed by atoms with Crippen LogP contribution in [-0.4, -0.2) is 0 Å². The molecule has 88 valence electrons. The molecule has 1 aromatic rings. The monoisotopic (exact) mass is 236 g/mol. The van der Waals surface area contributed by atoms with E-state index in [1.54, 1.807) is 0 Å². The Morgan fingerprint density at radius 2 is 1.75 bits per heavy atom. The molecule has 0 nitrogen and oxygen atoms in total. The molecule has 1 heteroatoms. The van der Waals surface area contributed by atoms with Gasteiger partial charge in [0, 0.05) is 0 Å². The normalized spacial score (nSPS) is 19.4. The average Bonchev–Trinajstić information content (AvgIpc) is 3.12. The van der Waals surface area contributed by atoms with Crippen molar-refractivity contribution in [2.75, 3.05) is 0 Å². The molecule has 1 fully saturated rings. The van der Waals surface area contributed by atoms with Crippen LogP contribution >= 0.6 is 11.6 Å². The highest BCUT2D eigenvalue weighted by molar-refractivity contribution is 6.20. The van der Waals surface area contributed by atoms with Crippen LogP contribution in [0.1, 0.15) is 62.0 Å². The predicted molar refractivity (Wildman–Crippen MR) is 71.1 cm³/mol. The lowest BCUT2D eigenvalue weighted by Gasteiger charge is -2.12. The molecule has 0 amide bonds. The average molecular weight is 237 g/mol. The standard InChI is InChI=1S/C15H21Cl/c1-3-11(2)13-6-8-14(9-7-13)15(16)10-12-4-5-12/h6-9,11-12,15H,3-5,10H2,1-2H3. The zero-order valence-corrected chi connectivity index (χ0v) is 11.0. The summed E-state index contributed by atoms with van der Waals surface area (Å²) in [4.78, 5) is 0. The minimum atomic E-state index is 0.221. The third-order valence-corrected chi connectivity index (χ3v) is 4.15. The Labute approximate surface area is 104 Å². The van der Waals surface area contributed by atoms with E-state index in [0.717, 1.165) is 12.3 Å². The van der Waals surface area contributed by atoms with Gasteiger partial charge in [-0.15, -0.1) is 11.6 Å². The smallest absolute Gasteiger partial charge is 0.0587 e. The van der Waals surface area contributed by atoms with Crippen molar-refractivity contribution in [3.63, 3.8) is 0 Å². The molecule has 2 rings (SSSR count). The molecule has 1 aromatic carbocycles. The first-order valence-corrected chi connectivity index (χ1v) is 6.88. The van der Waals surface area contributed by atoms with Crippen molar-refractivity contribution in [1.29, 1.82) is 0 Å². The van der Waals surface area contributed by atoms with E-state index < -0.39 is 0 Å². The molecule has 2 atom stereocenters. The molecule has 1 aliphatic carbocycles. The van der Waals surface area contributed by atoms with Gasteiger partial charge in [0.2, 0.25) is 0 Å². The first-order chi connectivity index (χ1) is 7.70. The number of hydrogen-bond acceptors (Lipinski definition) is 0. The molecule has 16 heavy (non-hydrogen) atoms. The second-order valence-corrected chi connectivity index (χ2v) is 5.65. The second kappa shape index (κ2) is 5.23. The number of alkyl halides is 1. The Hall–Kier alpha value is -0.490. The summed E-state index contributed by atoms with van der Waals surface area (Å²) in [6.07, 6.45) is 5.12. The maximum Gasteiger partial charge on any atom is 0.0587 e. The fourth-order valence-electron chi connectivity index (χ4n) is 2.05. The van der Waals surface area contributed by atoms with E-state index in [1.165, 1.54) is 30.4 Å². The number of rotatable bonds is 5. The molecular formula is C15H21Cl. The summed E-state index contributed by atoms with van der Waals surface area (Å²) in [5.74, 6) is 1.56. The van der Waals surface area contributed by atoms with E-state index in [1.807, 2.05) is 0 Å². The van der Waals surface area contributed by atoms with Crippen LogP contribution in [0.5, 0.6) is 0 Å². The minimum Gasteiger partial charge on any atom is -0.118 e. The van der Waals surface area contributed by atoms with Crippen molar-refractivity contribution in [2.45, 2.75) is 50.8 Å². The number of benzene rings is 1. The molecule has 0 spiro atoms. The van der Waals surface area contributed by atoms with Gasteiger partial charge in [0.25, 0.3) is 0 Å². The van der Waals surface area contributed by atoms with E-state index in [-0.39, 0.29) is 5.38 Å². The highest BCUT2D eigenvalue weighted by Gasteiger charge is 2.25. The van der Waals surface area contributed by atoms with Crippen LogP contribution in [0, 0.1) is 5.92 Å². The summed E-state index contributed by atoms with van der Waals surface area (Å²) in [5.41, 5.74) is 2.72. The molecule has 0 radical (unpaired) electrons. The Kier molecular flexibility index (Phi) is 3.91. The van der Waals surface area contributed by atoms with E-state index in [4.69, 9.17) is 11.6 Å². The van der Waals surface area contributed by atoms with Crippen LogP contribution in [0.15, 0.2) is 24.3 Å². The van der Waals surface area contributed by atoms with Gasteiger partial charge in [-0.2, -0.15) is 0 Å². The molecule has 0 aromatic heterocycles. The number of hydrogen-bond donors (Lipinski definition) is 0. The molecule has 1 saturated carbocycles. The zero-order chi connectivity index (χ0) is 11.5. The highest BCUT2D eigenvalue weighted by atomic mass is 35.5. The third-order valence-electron chi connectivity index (χ3n) is 3.72. The molecule has 0 heterocycles. The molecule has 0 saturated heterocycles. The Balaban J connectivity index is 1.99. The van der Waals surface area contributed by atoms with Gasteiger partial charge in [0.05, 0.1) is 5.38 Å². The fraction of sp³-hybridized carbons (Fsp3) is 0.600. The van der Waals surface area contributed by atoms with E-state index in [9.17, 15) is 0 Å². The second-order valence-electron chi connectivity index (χ2n) is 5.12. The summed E-state index contributed by atoms with van der Waals surface area (Å²) < 4.78 is 0. The lowest BCUT2D eigenvalue weighted by Crippen LogP contribution is -1.95. The lowest BCUT2D eigenvalue weighted by atomic mass is 9.96. The molecule has 2 unspecified atom stereocenters. The Bertz CT molecular complexity index is 324. The van der Waals surface area contributed by atoms with E-state index in [2.05, 4.69) is 38.1 Å². The van der Waals surface area contributed by atoms with Gasteiger partial charge >= 0.3 is 0 Å². The van der Waals surface area contributed by atoms with Crippen LogP contribution in [0.4, 0.5) is 0 Å². The van der Waals surface area contributed by atoms with Gasteiger partial charge < -0.3 is 0 Å². The van der Waals surface area contributed by atoms with Crippen LogP contribution in [0.3, 0.4) is 0 Å². The summed E-state index contributed by atoms with van der Waals surface area (Å²) in [6, 6.07) is 8.90. The summed E-state index contributed by atoms with van der Waals surface area (Å²) in [6.45, 7) is 4.51. The maximum atomic E-state index is 6.41. The van der Waals surface area contributed by atoms with Gasteiger partial charge in [-0.25, -0.2) is 0 Å². The summed E-state index contributed by atoms with van der Waals surface area (Å²) >= 11 is 6.41. The Morgan fingerprint density at radius 1 is 1.19 bits per heavy atom. The van der Waals surface area contributed by atoms with E-state index >= 15 is 0 Å². The van der Waals surface area contributed by atoms with Crippen molar-refractivity contribution >= 4 is 11.6 Å². The molecule has 0 N–H and O–H groups in total. The van der Waals surface area contributed by atoms with Crippen molar-refractivity contribution in [1.82, 2.24) is 0 Å². The van der Waals surface area contributed by atoms with Gasteiger partial charge in [0.15, 0.2) is 0 Å². The predicted octanol–water partition coefficient (Wildman–Crippen LogP) is 5.28. The summed E-state index contributed by atoms with van der Waals surface area (Å²) in [5, 5.41) is 0.221. The first kappa shape index (κ1) is 12.0. The topological polar surface area (TPSA) is 0 Å². The summed E-state index contributed by atoms with van der Waals surface area (Å²) in [7, 11) is 0. The van der Waals surface area contributed by atoms with Crippen molar-refractivity contribution in [2.24, 2.45) is 5.92 Å². The molecule has 0 aliphatic heterocycles. The van der Waals surface area contributed by atoms with Crippen LogP contribution in [0.2, 0.25) is 0 Å². The van der Waals surface area contributed by atoms with E-state index in [0.29, 0.717) is 5.92 Å². The third kappa shape index (κ3) is 3.01. The van der Waals surface area contributed by atoms with Crippen LogP contribution in [-0.2, 0) is 0 Å². The molecule has 0 bridgehead atoms. The SMILES string of the molecule is CCC(C)c1ccc(C(Cl)CC2CC2)cc1. The number of halogens is 1. The first-order valence-electron chi connectivity index (χ1n) is 6.44. The molecular weight excluding hydrogens is 216 g/mol. The van der Waals surface area contributed by atoms with Gasteiger partial charge in [-0.1, -0.05) is 51.0 Å². The van der Waals surface area contributed by atoms with Gasteiger partial charge in [0.1, 0.15) is 0 Å². The highest BCUT2D eigenvalue weighted by Crippen LogP contribution is 2.40. The lowest BCUT2D eigenvalue weighted by molar-refractivity contribution is 0.703. The minimum absolute atomic E-state index is 0.221. The van der Waals surface area contributed by atoms with Crippen molar-refractivity contribution < 1.29 is 0 Å². The van der Waals surface area contributed by atoms with Crippen LogP contribution in [0.25, 0.3) is 0 Å². The quantitative estimate of drug-likeness (QED) is 0.610. The van der Waals surface area contributed by atoms with Crippen LogP contribution < -0.4 is 0 Å². The van der Waals surface area contributed by atoms with Crippen molar-refractivity contribution in [3.05, 3.63) is 35.4 Å². The Morgan fingerprint density at radius 3 is 2.25 bits per heavy atom. The zero-order valence-electron chi connectivity index (χ0n) is 10.2. The van der Waals surface area contributed by atoms with Gasteiger partial charge in [-0.05, 0) is 35.8 Å². The largest absolute Gasteiger partial charge is 0.118 e.